The van der Waals surface area contributed by atoms with E-state index >= 15 is 0 Å². The minimum absolute atomic E-state index is 0.0546. The van der Waals surface area contributed by atoms with Crippen LogP contribution in [0.4, 0.5) is 0 Å². The summed E-state index contributed by atoms with van der Waals surface area (Å²) in [7, 11) is 3.25. The number of fused-ring (bicyclic) bond motifs is 1. The Morgan fingerprint density at radius 2 is 1.58 bits per heavy atom. The molecule has 172 valence electrons. The minimum atomic E-state index is -0.889. The maximum Gasteiger partial charge on any atom is 0.306 e. The number of carboxylic acid groups (broad SMARTS) is 1. The number of ether oxygens (including phenoxy) is 4. The van der Waals surface area contributed by atoms with Crippen molar-refractivity contribution in [2.45, 2.75) is 32.0 Å². The maximum absolute atomic E-state index is 10.8. The molecule has 3 aromatic rings. The highest BCUT2D eigenvalue weighted by molar-refractivity contribution is 5.71. The summed E-state index contributed by atoms with van der Waals surface area (Å²) in [5, 5.41) is 8.89. The zero-order chi connectivity index (χ0) is 23.2. The van der Waals surface area contributed by atoms with Gasteiger partial charge in [0.25, 0.3) is 0 Å². The van der Waals surface area contributed by atoms with Crippen LogP contribution in [0.15, 0.2) is 60.7 Å². The Kier molecular flexibility index (Phi) is 7.15. The van der Waals surface area contributed by atoms with Gasteiger partial charge in [0.2, 0.25) is 0 Å². The topological polar surface area (TPSA) is 74.2 Å². The van der Waals surface area contributed by atoms with Gasteiger partial charge < -0.3 is 24.1 Å². The molecule has 1 aliphatic rings. The molecule has 0 spiro atoms. The Bertz CT molecular complexity index is 1080. The standard InChI is InChI=1S/C27H28O6/c1-30-23-13-20(14-24(16-23)31-2)26-8-7-22(32-10-9-27(28)29)15-21(26)17-33-25-11-18-5-3-4-6-19(18)12-25/h3-8,13-16,25H,9-12,17H2,1-2H3,(H,28,29). The summed E-state index contributed by atoms with van der Waals surface area (Å²) in [4.78, 5) is 10.8. The molecule has 0 saturated carbocycles. The maximum atomic E-state index is 10.8. The van der Waals surface area contributed by atoms with Crippen LogP contribution in [-0.2, 0) is 29.0 Å². The molecule has 3 aromatic carbocycles. The Balaban J connectivity index is 1.58. The molecule has 0 atom stereocenters. The normalized spacial score (nSPS) is 12.9. The molecule has 0 heterocycles. The number of aliphatic carboxylic acids is 1. The molecule has 0 saturated heterocycles. The lowest BCUT2D eigenvalue weighted by Crippen LogP contribution is -2.13. The predicted octanol–water partition coefficient (Wildman–Crippen LogP) is 4.91. The number of methoxy groups -OCH3 is 2. The van der Waals surface area contributed by atoms with Crippen LogP contribution in [0.2, 0.25) is 0 Å². The van der Waals surface area contributed by atoms with Gasteiger partial charge in [0.15, 0.2) is 0 Å². The lowest BCUT2D eigenvalue weighted by atomic mass is 9.99. The summed E-state index contributed by atoms with van der Waals surface area (Å²) < 4.78 is 22.9. The van der Waals surface area contributed by atoms with Crippen LogP contribution in [0.25, 0.3) is 11.1 Å². The molecule has 0 amide bonds. The van der Waals surface area contributed by atoms with Crippen LogP contribution in [0, 0.1) is 0 Å². The van der Waals surface area contributed by atoms with Gasteiger partial charge in [-0.2, -0.15) is 0 Å². The Morgan fingerprint density at radius 3 is 2.18 bits per heavy atom. The van der Waals surface area contributed by atoms with Crippen molar-refractivity contribution in [3.63, 3.8) is 0 Å². The third-order valence-electron chi connectivity index (χ3n) is 5.81. The zero-order valence-corrected chi connectivity index (χ0v) is 18.9. The smallest absolute Gasteiger partial charge is 0.306 e. The Labute approximate surface area is 193 Å². The van der Waals surface area contributed by atoms with Crippen LogP contribution < -0.4 is 14.2 Å². The molecular weight excluding hydrogens is 420 g/mol. The van der Waals surface area contributed by atoms with E-state index in [0.717, 1.165) is 29.5 Å². The number of benzene rings is 3. The first-order chi connectivity index (χ1) is 16.1. The Morgan fingerprint density at radius 1 is 0.909 bits per heavy atom. The number of carbonyl (C=O) groups is 1. The first kappa shape index (κ1) is 22.7. The predicted molar refractivity (Wildman–Crippen MR) is 125 cm³/mol. The van der Waals surface area contributed by atoms with Crippen molar-refractivity contribution in [1.29, 1.82) is 0 Å². The largest absolute Gasteiger partial charge is 0.497 e. The van der Waals surface area contributed by atoms with E-state index in [2.05, 4.69) is 24.3 Å². The van der Waals surface area contributed by atoms with Gasteiger partial charge in [-0.15, -0.1) is 0 Å². The first-order valence-electron chi connectivity index (χ1n) is 10.9. The molecule has 4 rings (SSSR count). The highest BCUT2D eigenvalue weighted by Crippen LogP contribution is 2.34. The van der Waals surface area contributed by atoms with Gasteiger partial charge in [0, 0.05) is 6.07 Å². The average Bonchev–Trinajstić information content (AvgIpc) is 3.25. The van der Waals surface area contributed by atoms with E-state index in [0.29, 0.717) is 23.9 Å². The second-order valence-electron chi connectivity index (χ2n) is 8.02. The zero-order valence-electron chi connectivity index (χ0n) is 18.9. The van der Waals surface area contributed by atoms with Crippen molar-refractivity contribution in [2.75, 3.05) is 20.8 Å². The fourth-order valence-electron chi connectivity index (χ4n) is 4.12. The lowest BCUT2D eigenvalue weighted by molar-refractivity contribution is -0.137. The summed E-state index contributed by atoms with van der Waals surface area (Å²) >= 11 is 0. The van der Waals surface area contributed by atoms with Crippen LogP contribution >= 0.6 is 0 Å². The van der Waals surface area contributed by atoms with Gasteiger partial charge in [-0.05, 0) is 64.9 Å². The van der Waals surface area contributed by atoms with Crippen molar-refractivity contribution < 1.29 is 28.8 Å². The number of carboxylic acids is 1. The van der Waals surface area contributed by atoms with E-state index in [-0.39, 0.29) is 19.1 Å². The monoisotopic (exact) mass is 448 g/mol. The second kappa shape index (κ2) is 10.4. The molecule has 6 nitrogen and oxygen atoms in total. The second-order valence-corrected chi connectivity index (χ2v) is 8.02. The van der Waals surface area contributed by atoms with E-state index < -0.39 is 5.97 Å². The fraction of sp³-hybridized carbons (Fsp3) is 0.296. The van der Waals surface area contributed by atoms with E-state index in [1.54, 1.807) is 14.2 Å². The molecule has 0 aliphatic heterocycles. The van der Waals surface area contributed by atoms with E-state index in [1.165, 1.54) is 11.1 Å². The van der Waals surface area contributed by atoms with Crippen LogP contribution in [-0.4, -0.2) is 38.0 Å². The minimum Gasteiger partial charge on any atom is -0.497 e. The van der Waals surface area contributed by atoms with Crippen molar-refractivity contribution in [3.05, 3.63) is 77.4 Å². The first-order valence-corrected chi connectivity index (χ1v) is 10.9. The summed E-state index contributed by atoms with van der Waals surface area (Å²) in [6, 6.07) is 19.9. The summed E-state index contributed by atoms with van der Waals surface area (Å²) in [6.45, 7) is 0.517. The highest BCUT2D eigenvalue weighted by Gasteiger charge is 2.22. The van der Waals surface area contributed by atoms with E-state index in [9.17, 15) is 4.79 Å². The van der Waals surface area contributed by atoms with E-state index in [4.69, 9.17) is 24.1 Å². The molecular formula is C27H28O6. The number of hydrogen-bond donors (Lipinski definition) is 1. The van der Waals surface area contributed by atoms with E-state index in [1.807, 2.05) is 36.4 Å². The third-order valence-corrected chi connectivity index (χ3v) is 5.81. The third kappa shape index (κ3) is 5.65. The molecule has 1 aliphatic carbocycles. The van der Waals surface area contributed by atoms with Crippen molar-refractivity contribution in [1.82, 2.24) is 0 Å². The fourth-order valence-corrected chi connectivity index (χ4v) is 4.12. The SMILES string of the molecule is COc1cc(OC)cc(-c2ccc(OCCC(=O)O)cc2COC2Cc3ccccc3C2)c1. The quantitative estimate of drug-likeness (QED) is 0.475. The summed E-state index contributed by atoms with van der Waals surface area (Å²) in [5.74, 6) is 1.12. The van der Waals surface area contributed by atoms with Crippen LogP contribution in [0.3, 0.4) is 0 Å². The van der Waals surface area contributed by atoms with Crippen molar-refractivity contribution >= 4 is 5.97 Å². The number of hydrogen-bond acceptors (Lipinski definition) is 5. The molecule has 0 unspecified atom stereocenters. The highest BCUT2D eigenvalue weighted by atomic mass is 16.5. The van der Waals surface area contributed by atoms with Gasteiger partial charge in [-0.3, -0.25) is 4.79 Å². The van der Waals surface area contributed by atoms with Gasteiger partial charge in [-0.25, -0.2) is 0 Å². The van der Waals surface area contributed by atoms with Crippen molar-refractivity contribution in [2.24, 2.45) is 0 Å². The molecule has 6 heteroatoms. The van der Waals surface area contributed by atoms with Crippen molar-refractivity contribution in [3.8, 4) is 28.4 Å². The molecule has 0 fully saturated rings. The molecule has 1 N–H and O–H groups in total. The Hall–Kier alpha value is -3.51. The van der Waals surface area contributed by atoms with Crippen LogP contribution in [0.1, 0.15) is 23.1 Å². The molecule has 0 aromatic heterocycles. The molecule has 33 heavy (non-hydrogen) atoms. The molecule has 0 bridgehead atoms. The number of rotatable bonds is 10. The van der Waals surface area contributed by atoms with Gasteiger partial charge in [0.1, 0.15) is 17.2 Å². The average molecular weight is 449 g/mol. The lowest BCUT2D eigenvalue weighted by Gasteiger charge is -2.17. The molecule has 0 radical (unpaired) electrons. The van der Waals surface area contributed by atoms with Crippen LogP contribution in [0.5, 0.6) is 17.2 Å². The summed E-state index contributed by atoms with van der Waals surface area (Å²) in [5.41, 5.74) is 5.55. The van der Waals surface area contributed by atoms with Gasteiger partial charge >= 0.3 is 5.97 Å². The van der Waals surface area contributed by atoms with Gasteiger partial charge in [0.05, 0.1) is 40.0 Å². The van der Waals surface area contributed by atoms with Gasteiger partial charge in [-0.1, -0.05) is 30.3 Å². The summed E-state index contributed by atoms with van der Waals surface area (Å²) in [6.07, 6.45) is 1.85.